The van der Waals surface area contributed by atoms with Crippen LogP contribution in [0.5, 0.6) is 5.75 Å². The van der Waals surface area contributed by atoms with E-state index < -0.39 is 10.8 Å². The monoisotopic (exact) mass is 329 g/mol. The van der Waals surface area contributed by atoms with Crippen LogP contribution in [-0.4, -0.2) is 24.2 Å². The third-order valence-corrected chi connectivity index (χ3v) is 2.97. The average molecular weight is 329 g/mol. The number of hydrogen-bond acceptors (Lipinski definition) is 6. The molecular formula is C16H15N3O5. The number of oxime groups is 1. The number of nitro benzene ring substituents is 1. The van der Waals surface area contributed by atoms with E-state index in [1.807, 2.05) is 30.3 Å². The number of non-ortho nitro benzene ring substituents is 1. The number of nitro groups is 1. The van der Waals surface area contributed by atoms with E-state index in [9.17, 15) is 14.9 Å². The second kappa shape index (κ2) is 8.28. The Labute approximate surface area is 137 Å². The molecule has 0 saturated carbocycles. The molecule has 0 aliphatic carbocycles. The van der Waals surface area contributed by atoms with Gasteiger partial charge in [0.1, 0.15) is 18.6 Å². The summed E-state index contributed by atoms with van der Waals surface area (Å²) in [5.41, 5.74) is 1.08. The Morgan fingerprint density at radius 3 is 2.71 bits per heavy atom. The third kappa shape index (κ3) is 4.80. The van der Waals surface area contributed by atoms with Gasteiger partial charge in [-0.1, -0.05) is 35.5 Å². The molecule has 2 aromatic carbocycles. The van der Waals surface area contributed by atoms with Gasteiger partial charge in [-0.3, -0.25) is 14.9 Å². The maximum absolute atomic E-state index is 11.8. The average Bonchev–Trinajstić information content (AvgIpc) is 2.59. The summed E-state index contributed by atoms with van der Waals surface area (Å²) in [5, 5.41) is 16.8. The summed E-state index contributed by atoms with van der Waals surface area (Å²) in [6.45, 7) is 0.242. The van der Waals surface area contributed by atoms with Gasteiger partial charge in [-0.15, -0.1) is 0 Å². The van der Waals surface area contributed by atoms with Gasteiger partial charge in [0.05, 0.1) is 23.8 Å². The van der Waals surface area contributed by atoms with Crippen LogP contribution in [0.15, 0.2) is 53.7 Å². The minimum Gasteiger partial charge on any atom is -0.494 e. The fraction of sp³-hybridized carbons (Fsp3) is 0.125. The number of carbonyl (C=O) groups excluding carboxylic acids is 1. The SMILES string of the molecule is COc1cc([N+](=O)[O-])ccc1NC(=O)/C=N\OCc1ccccc1. The van der Waals surface area contributed by atoms with Gasteiger partial charge in [-0.05, 0) is 11.6 Å². The van der Waals surface area contributed by atoms with Crippen molar-refractivity contribution in [1.82, 2.24) is 0 Å². The van der Waals surface area contributed by atoms with Crippen LogP contribution in [-0.2, 0) is 16.2 Å². The van der Waals surface area contributed by atoms with Crippen molar-refractivity contribution in [1.29, 1.82) is 0 Å². The molecule has 1 N–H and O–H groups in total. The fourth-order valence-corrected chi connectivity index (χ4v) is 1.83. The number of ether oxygens (including phenoxy) is 1. The second-order valence-corrected chi connectivity index (χ2v) is 4.62. The summed E-state index contributed by atoms with van der Waals surface area (Å²) in [6, 6.07) is 13.2. The van der Waals surface area contributed by atoms with Gasteiger partial charge in [-0.25, -0.2) is 0 Å². The number of methoxy groups -OCH3 is 1. The van der Waals surface area contributed by atoms with Crippen LogP contribution in [0.3, 0.4) is 0 Å². The van der Waals surface area contributed by atoms with Crippen molar-refractivity contribution >= 4 is 23.5 Å². The molecule has 0 spiro atoms. The molecule has 24 heavy (non-hydrogen) atoms. The van der Waals surface area contributed by atoms with Crippen molar-refractivity contribution in [2.75, 3.05) is 12.4 Å². The number of rotatable bonds is 7. The molecule has 0 aliphatic heterocycles. The minimum atomic E-state index is -0.549. The predicted molar refractivity (Wildman–Crippen MR) is 88.0 cm³/mol. The largest absolute Gasteiger partial charge is 0.494 e. The van der Waals surface area contributed by atoms with Gasteiger partial charge in [0.15, 0.2) is 0 Å². The lowest BCUT2D eigenvalue weighted by Gasteiger charge is -2.08. The van der Waals surface area contributed by atoms with Crippen LogP contribution in [0, 0.1) is 10.1 Å². The van der Waals surface area contributed by atoms with E-state index in [0.717, 1.165) is 11.8 Å². The van der Waals surface area contributed by atoms with E-state index in [1.165, 1.54) is 25.3 Å². The Morgan fingerprint density at radius 2 is 2.04 bits per heavy atom. The molecular weight excluding hydrogens is 314 g/mol. The molecule has 8 nitrogen and oxygen atoms in total. The van der Waals surface area contributed by atoms with E-state index in [1.54, 1.807) is 0 Å². The van der Waals surface area contributed by atoms with Crippen molar-refractivity contribution in [2.45, 2.75) is 6.61 Å². The van der Waals surface area contributed by atoms with Crippen LogP contribution in [0.25, 0.3) is 0 Å². The van der Waals surface area contributed by atoms with Crippen molar-refractivity contribution < 1.29 is 19.3 Å². The van der Waals surface area contributed by atoms with E-state index in [0.29, 0.717) is 5.69 Å². The topological polar surface area (TPSA) is 103 Å². The standard InChI is InChI=1S/C16H15N3O5/c1-23-15-9-13(19(21)22)7-8-14(15)18-16(20)10-17-24-11-12-5-3-2-4-6-12/h2-10H,11H2,1H3,(H,18,20)/b17-10-. The Kier molecular flexibility index (Phi) is 5.84. The van der Waals surface area contributed by atoms with Crippen LogP contribution in [0.2, 0.25) is 0 Å². The van der Waals surface area contributed by atoms with Crippen molar-refractivity contribution in [3.05, 3.63) is 64.2 Å². The van der Waals surface area contributed by atoms with Crippen LogP contribution < -0.4 is 10.1 Å². The molecule has 0 aromatic heterocycles. The van der Waals surface area contributed by atoms with E-state index >= 15 is 0 Å². The lowest BCUT2D eigenvalue weighted by Crippen LogP contribution is -2.13. The molecule has 2 aromatic rings. The van der Waals surface area contributed by atoms with Crippen molar-refractivity contribution in [3.8, 4) is 5.75 Å². The Bertz CT molecular complexity index is 747. The molecule has 0 bridgehead atoms. The van der Waals surface area contributed by atoms with E-state index in [2.05, 4.69) is 10.5 Å². The van der Waals surface area contributed by atoms with Gasteiger partial charge < -0.3 is 14.9 Å². The summed E-state index contributed by atoms with van der Waals surface area (Å²) in [7, 11) is 1.35. The first kappa shape index (κ1) is 16.9. The number of carbonyl (C=O) groups is 1. The Hall–Kier alpha value is -3.42. The highest BCUT2D eigenvalue weighted by atomic mass is 16.6. The molecule has 0 radical (unpaired) electrons. The number of hydrogen-bond donors (Lipinski definition) is 1. The van der Waals surface area contributed by atoms with Gasteiger partial charge >= 0.3 is 0 Å². The highest BCUT2D eigenvalue weighted by molar-refractivity contribution is 6.31. The highest BCUT2D eigenvalue weighted by Gasteiger charge is 2.12. The second-order valence-electron chi connectivity index (χ2n) is 4.62. The first-order valence-corrected chi connectivity index (χ1v) is 6.93. The van der Waals surface area contributed by atoms with Gasteiger partial charge in [-0.2, -0.15) is 0 Å². The third-order valence-electron chi connectivity index (χ3n) is 2.97. The van der Waals surface area contributed by atoms with Gasteiger partial charge in [0.25, 0.3) is 11.6 Å². The summed E-state index contributed by atoms with van der Waals surface area (Å²) < 4.78 is 5.03. The molecule has 124 valence electrons. The van der Waals surface area contributed by atoms with Gasteiger partial charge in [0, 0.05) is 6.07 Å². The highest BCUT2D eigenvalue weighted by Crippen LogP contribution is 2.28. The normalized spacial score (nSPS) is 10.4. The zero-order valence-corrected chi connectivity index (χ0v) is 12.8. The number of nitrogens with zero attached hydrogens (tertiary/aromatic N) is 2. The maximum atomic E-state index is 11.8. The first-order valence-electron chi connectivity index (χ1n) is 6.93. The minimum absolute atomic E-state index is 0.135. The fourth-order valence-electron chi connectivity index (χ4n) is 1.83. The number of anilines is 1. The quantitative estimate of drug-likeness (QED) is 0.478. The molecule has 0 atom stereocenters. The van der Waals surface area contributed by atoms with Crippen molar-refractivity contribution in [2.24, 2.45) is 5.16 Å². The molecule has 0 heterocycles. The summed E-state index contributed by atoms with van der Waals surface area (Å²) in [6.07, 6.45) is 0.976. The molecule has 0 unspecified atom stereocenters. The molecule has 0 saturated heterocycles. The van der Waals surface area contributed by atoms with Crippen molar-refractivity contribution in [3.63, 3.8) is 0 Å². The Morgan fingerprint density at radius 1 is 1.29 bits per heavy atom. The summed E-state index contributed by atoms with van der Waals surface area (Å²) in [4.78, 5) is 27.0. The van der Waals surface area contributed by atoms with E-state index in [-0.39, 0.29) is 18.0 Å². The molecule has 8 heteroatoms. The van der Waals surface area contributed by atoms with Crippen LogP contribution in [0.1, 0.15) is 5.56 Å². The molecule has 0 fully saturated rings. The zero-order chi connectivity index (χ0) is 17.4. The Balaban J connectivity index is 1.92. The molecule has 0 aliphatic rings. The van der Waals surface area contributed by atoms with Gasteiger partial charge in [0.2, 0.25) is 0 Å². The zero-order valence-electron chi connectivity index (χ0n) is 12.8. The molecule has 1 amide bonds. The smallest absolute Gasteiger partial charge is 0.273 e. The summed E-state index contributed by atoms with van der Waals surface area (Å²) in [5.74, 6) is -0.369. The number of nitrogens with one attached hydrogen (secondary N) is 1. The number of amides is 1. The van der Waals surface area contributed by atoms with Crippen LogP contribution >= 0.6 is 0 Å². The molecule has 2 rings (SSSR count). The van der Waals surface area contributed by atoms with Crippen LogP contribution in [0.4, 0.5) is 11.4 Å². The lowest BCUT2D eigenvalue weighted by atomic mass is 10.2. The maximum Gasteiger partial charge on any atom is 0.273 e. The number of benzene rings is 2. The lowest BCUT2D eigenvalue weighted by molar-refractivity contribution is -0.384. The first-order chi connectivity index (χ1) is 11.6. The summed E-state index contributed by atoms with van der Waals surface area (Å²) >= 11 is 0. The predicted octanol–water partition coefficient (Wildman–Crippen LogP) is 2.74. The van der Waals surface area contributed by atoms with E-state index in [4.69, 9.17) is 9.57 Å².